The van der Waals surface area contributed by atoms with E-state index in [0.717, 1.165) is 30.6 Å². The van der Waals surface area contributed by atoms with E-state index in [2.05, 4.69) is 15.3 Å². The minimum Gasteiger partial charge on any atom is -0.545 e. The van der Waals surface area contributed by atoms with Crippen LogP contribution in [-0.2, 0) is 12.7 Å². The third-order valence-corrected chi connectivity index (χ3v) is 4.28. The fraction of sp³-hybridized carbons (Fsp3) is 0.118. The van der Waals surface area contributed by atoms with Crippen LogP contribution in [0.2, 0.25) is 5.02 Å². The molecule has 8 nitrogen and oxygen atoms in total. The number of nitrogens with zero attached hydrogens (tertiary/aromatic N) is 3. The molecule has 0 aliphatic carbocycles. The summed E-state index contributed by atoms with van der Waals surface area (Å²) in [7, 11) is 0. The lowest BCUT2D eigenvalue weighted by atomic mass is 10.1. The van der Waals surface area contributed by atoms with E-state index in [4.69, 9.17) is 11.6 Å². The van der Waals surface area contributed by atoms with Crippen molar-refractivity contribution < 1.29 is 28.0 Å². The second-order valence-corrected chi connectivity index (χ2v) is 6.23. The molecule has 0 aliphatic rings. The SMILES string of the molecule is O=C([O-])c1cc([N+](=O)[O-])cc2c(NCc3ccc(Cl)c(C(F)(F)F)c3)ncnc12. The van der Waals surface area contributed by atoms with Gasteiger partial charge in [-0.15, -0.1) is 0 Å². The first-order chi connectivity index (χ1) is 13.6. The summed E-state index contributed by atoms with van der Waals surface area (Å²) in [4.78, 5) is 29.3. The van der Waals surface area contributed by atoms with Gasteiger partial charge in [0.1, 0.15) is 12.1 Å². The largest absolute Gasteiger partial charge is 0.545 e. The van der Waals surface area contributed by atoms with Crippen molar-refractivity contribution in [2.45, 2.75) is 12.7 Å². The van der Waals surface area contributed by atoms with E-state index in [1.54, 1.807) is 0 Å². The molecule has 1 N–H and O–H groups in total. The van der Waals surface area contributed by atoms with Crippen molar-refractivity contribution in [2.24, 2.45) is 0 Å². The van der Waals surface area contributed by atoms with E-state index in [9.17, 15) is 33.2 Å². The Morgan fingerprint density at radius 3 is 2.55 bits per heavy atom. The van der Waals surface area contributed by atoms with Crippen molar-refractivity contribution >= 4 is 40.0 Å². The van der Waals surface area contributed by atoms with Crippen molar-refractivity contribution in [3.05, 3.63) is 68.5 Å². The molecule has 0 fully saturated rings. The Morgan fingerprint density at radius 2 is 1.93 bits per heavy atom. The standard InChI is InChI=1S/C17H10ClF3N4O4/c18-13-2-1-8(3-12(13)17(19,20)21)6-22-15-10-4-9(25(28)29)5-11(16(26)27)14(10)23-7-24-15/h1-5,7H,6H2,(H,26,27)(H,22,23,24)/p-1. The van der Waals surface area contributed by atoms with E-state index in [-0.39, 0.29) is 28.8 Å². The molecule has 0 radical (unpaired) electrons. The maximum atomic E-state index is 13.0. The molecule has 12 heteroatoms. The minimum atomic E-state index is -4.64. The Hall–Kier alpha value is -3.47. The predicted molar refractivity (Wildman–Crippen MR) is 94.3 cm³/mol. The number of fused-ring (bicyclic) bond motifs is 1. The number of carbonyl (C=O) groups is 1. The van der Waals surface area contributed by atoms with Gasteiger partial charge in [0.25, 0.3) is 5.69 Å². The summed E-state index contributed by atoms with van der Waals surface area (Å²) in [6.45, 7) is -0.143. The molecule has 3 aromatic rings. The normalized spacial score (nSPS) is 11.4. The van der Waals surface area contributed by atoms with Gasteiger partial charge in [-0.25, -0.2) is 9.97 Å². The Morgan fingerprint density at radius 1 is 1.21 bits per heavy atom. The van der Waals surface area contributed by atoms with Gasteiger partial charge < -0.3 is 15.2 Å². The number of carboxylic acid groups (broad SMARTS) is 1. The zero-order chi connectivity index (χ0) is 21.3. The lowest BCUT2D eigenvalue weighted by Crippen LogP contribution is -2.23. The number of aromatic carboxylic acids is 1. The molecule has 0 saturated carbocycles. The van der Waals surface area contributed by atoms with E-state index in [0.29, 0.717) is 0 Å². The van der Waals surface area contributed by atoms with Crippen molar-refractivity contribution in [1.82, 2.24) is 9.97 Å². The highest BCUT2D eigenvalue weighted by Gasteiger charge is 2.33. The first kappa shape index (κ1) is 20.3. The number of hydrogen-bond acceptors (Lipinski definition) is 7. The third-order valence-electron chi connectivity index (χ3n) is 3.95. The summed E-state index contributed by atoms with van der Waals surface area (Å²) in [5, 5.41) is 24.7. The molecule has 0 bridgehead atoms. The number of carbonyl (C=O) groups excluding carboxylic acids is 1. The predicted octanol–water partition coefficient (Wildman–Crippen LogP) is 3.19. The van der Waals surface area contributed by atoms with Gasteiger partial charge in [-0.3, -0.25) is 10.1 Å². The Balaban J connectivity index is 2.01. The molecular formula is C17H9ClF3N4O4-. The van der Waals surface area contributed by atoms with Crippen LogP contribution in [0.25, 0.3) is 10.9 Å². The van der Waals surface area contributed by atoms with Crippen LogP contribution in [0.3, 0.4) is 0 Å². The molecule has 150 valence electrons. The molecule has 0 saturated heterocycles. The number of anilines is 1. The van der Waals surface area contributed by atoms with Gasteiger partial charge in [0.15, 0.2) is 0 Å². The Labute approximate surface area is 165 Å². The van der Waals surface area contributed by atoms with Gasteiger partial charge in [0.05, 0.1) is 32.4 Å². The zero-order valence-electron chi connectivity index (χ0n) is 14.2. The van der Waals surface area contributed by atoms with Crippen LogP contribution < -0.4 is 10.4 Å². The Kier molecular flexibility index (Phi) is 5.25. The van der Waals surface area contributed by atoms with Crippen LogP contribution in [0.4, 0.5) is 24.7 Å². The number of halogens is 4. The number of rotatable bonds is 5. The summed E-state index contributed by atoms with van der Waals surface area (Å²) in [5.41, 5.74) is -1.95. The highest BCUT2D eigenvalue weighted by Crippen LogP contribution is 2.35. The molecule has 0 amide bonds. The summed E-state index contributed by atoms with van der Waals surface area (Å²) >= 11 is 5.58. The average molecular weight is 426 g/mol. The van der Waals surface area contributed by atoms with Gasteiger partial charge in [-0.05, 0) is 17.7 Å². The minimum absolute atomic E-state index is 0.00436. The van der Waals surface area contributed by atoms with Crippen LogP contribution in [0, 0.1) is 10.1 Å². The molecule has 1 aromatic heterocycles. The summed E-state index contributed by atoms with van der Waals surface area (Å²) in [5.74, 6) is -1.67. The number of nitro groups is 1. The topological polar surface area (TPSA) is 121 Å². The number of hydrogen-bond donors (Lipinski definition) is 1. The van der Waals surface area contributed by atoms with Crippen LogP contribution in [-0.4, -0.2) is 20.9 Å². The first-order valence-electron chi connectivity index (χ1n) is 7.82. The highest BCUT2D eigenvalue weighted by molar-refractivity contribution is 6.31. The molecule has 3 rings (SSSR count). The first-order valence-corrected chi connectivity index (χ1v) is 8.19. The smallest absolute Gasteiger partial charge is 0.417 e. The van der Waals surface area contributed by atoms with E-state index in [1.807, 2.05) is 0 Å². The average Bonchev–Trinajstić information content (AvgIpc) is 2.65. The van der Waals surface area contributed by atoms with Crippen molar-refractivity contribution in [2.75, 3.05) is 5.32 Å². The number of alkyl halides is 3. The zero-order valence-corrected chi connectivity index (χ0v) is 14.9. The summed E-state index contributed by atoms with van der Waals surface area (Å²) in [6, 6.07) is 5.19. The summed E-state index contributed by atoms with van der Waals surface area (Å²) in [6.07, 6.45) is -3.62. The molecular weight excluding hydrogens is 417 g/mol. The van der Waals surface area contributed by atoms with E-state index >= 15 is 0 Å². The maximum absolute atomic E-state index is 13.0. The lowest BCUT2D eigenvalue weighted by Gasteiger charge is -2.13. The monoisotopic (exact) mass is 425 g/mol. The van der Waals surface area contributed by atoms with Gasteiger partial charge in [-0.1, -0.05) is 17.7 Å². The molecule has 0 unspecified atom stereocenters. The van der Waals surface area contributed by atoms with Gasteiger partial charge in [0, 0.05) is 24.2 Å². The number of aromatic nitrogens is 2. The van der Waals surface area contributed by atoms with Crippen molar-refractivity contribution in [1.29, 1.82) is 0 Å². The van der Waals surface area contributed by atoms with E-state index in [1.165, 1.54) is 6.07 Å². The second kappa shape index (κ2) is 7.51. The number of non-ortho nitro benzene ring substituents is 1. The number of benzene rings is 2. The van der Waals surface area contributed by atoms with Gasteiger partial charge in [0.2, 0.25) is 0 Å². The van der Waals surface area contributed by atoms with Crippen molar-refractivity contribution in [3.8, 4) is 0 Å². The van der Waals surface area contributed by atoms with Crippen LogP contribution in [0.15, 0.2) is 36.7 Å². The fourth-order valence-corrected chi connectivity index (χ4v) is 2.86. The number of nitrogens with one attached hydrogen (secondary N) is 1. The number of carboxylic acids is 1. The molecule has 0 atom stereocenters. The molecule has 0 aliphatic heterocycles. The maximum Gasteiger partial charge on any atom is 0.417 e. The molecule has 2 aromatic carbocycles. The molecule has 1 heterocycles. The summed E-state index contributed by atoms with van der Waals surface area (Å²) < 4.78 is 39.0. The van der Waals surface area contributed by atoms with E-state index < -0.39 is 38.9 Å². The molecule has 29 heavy (non-hydrogen) atoms. The lowest BCUT2D eigenvalue weighted by molar-refractivity contribution is -0.384. The molecule has 0 spiro atoms. The quantitative estimate of drug-likeness (QED) is 0.492. The van der Waals surface area contributed by atoms with Crippen LogP contribution >= 0.6 is 11.6 Å². The van der Waals surface area contributed by atoms with Crippen LogP contribution in [0.1, 0.15) is 21.5 Å². The van der Waals surface area contributed by atoms with Crippen LogP contribution in [0.5, 0.6) is 0 Å². The third kappa shape index (κ3) is 4.19. The van der Waals surface area contributed by atoms with Crippen molar-refractivity contribution in [3.63, 3.8) is 0 Å². The van der Waals surface area contributed by atoms with Gasteiger partial charge in [-0.2, -0.15) is 13.2 Å². The Bertz CT molecular complexity index is 1140. The highest BCUT2D eigenvalue weighted by atomic mass is 35.5. The second-order valence-electron chi connectivity index (χ2n) is 5.82. The fourth-order valence-electron chi connectivity index (χ4n) is 2.64. The van der Waals surface area contributed by atoms with Gasteiger partial charge >= 0.3 is 6.18 Å². The number of nitro benzene ring substituents is 1.